The Kier molecular flexibility index (Phi) is 48.1. The third kappa shape index (κ3) is 47.7. The van der Waals surface area contributed by atoms with Crippen LogP contribution in [0, 0.1) is 5.92 Å². The lowest BCUT2D eigenvalue weighted by Crippen LogP contribution is -2.30. The molecule has 0 saturated heterocycles. The highest BCUT2D eigenvalue weighted by Crippen LogP contribution is 2.18. The minimum atomic E-state index is -0.761. The summed E-state index contributed by atoms with van der Waals surface area (Å²) < 4.78 is 16.8. The Morgan fingerprint density at radius 3 is 0.852 bits per heavy atom. The predicted octanol–water partition coefficient (Wildman–Crippen LogP) is 17.8. The van der Waals surface area contributed by atoms with Crippen LogP contribution in [0.2, 0.25) is 0 Å². The summed E-state index contributed by atoms with van der Waals surface area (Å²) in [6.07, 6.45) is 52.2. The Hall–Kier alpha value is -1.59. The van der Waals surface area contributed by atoms with E-state index in [-0.39, 0.29) is 31.1 Å². The molecule has 0 aliphatic heterocycles. The van der Waals surface area contributed by atoms with Crippen LogP contribution in [0.3, 0.4) is 0 Å². The van der Waals surface area contributed by atoms with Crippen LogP contribution in [0.15, 0.2) is 0 Å². The summed E-state index contributed by atoms with van der Waals surface area (Å²) in [5.74, 6) is 0.0283. The van der Waals surface area contributed by atoms with Gasteiger partial charge in [0.2, 0.25) is 0 Å². The molecular weight excluding hydrogens is 757 g/mol. The fraction of sp³-hybridized carbons (Fsp3) is 0.945. The highest BCUT2D eigenvalue weighted by molar-refractivity contribution is 5.71. The molecule has 6 heteroatoms. The van der Waals surface area contributed by atoms with Crippen molar-refractivity contribution in [2.45, 2.75) is 316 Å². The first-order valence-electron chi connectivity index (χ1n) is 27.4. The molecule has 0 bridgehead atoms. The van der Waals surface area contributed by atoms with Crippen LogP contribution in [0.25, 0.3) is 0 Å². The van der Waals surface area contributed by atoms with E-state index in [1.807, 2.05) is 0 Å². The molecule has 0 aromatic carbocycles. The average molecular weight is 863 g/mol. The van der Waals surface area contributed by atoms with E-state index in [0.717, 1.165) is 63.7 Å². The molecule has 0 aliphatic rings. The number of hydrogen-bond donors (Lipinski definition) is 0. The summed E-state index contributed by atoms with van der Waals surface area (Å²) in [6.45, 7) is 9.06. The maximum absolute atomic E-state index is 12.8. The van der Waals surface area contributed by atoms with E-state index in [4.69, 9.17) is 14.2 Å². The Labute approximate surface area is 380 Å². The van der Waals surface area contributed by atoms with E-state index in [9.17, 15) is 14.4 Å². The summed E-state index contributed by atoms with van der Waals surface area (Å²) in [5.41, 5.74) is 0. The highest BCUT2D eigenvalue weighted by atomic mass is 16.6. The SMILES string of the molecule is CCCCCCCCCCCCCCCCCCCCC(=O)O[C@@H](COC(=O)CCCCCCCCCCCCC)COC(=O)CCCCCCCCCCCCC(C)CC. The van der Waals surface area contributed by atoms with Gasteiger partial charge >= 0.3 is 17.9 Å². The van der Waals surface area contributed by atoms with Gasteiger partial charge < -0.3 is 14.2 Å². The number of rotatable bonds is 50. The van der Waals surface area contributed by atoms with Crippen LogP contribution < -0.4 is 0 Å². The third-order valence-corrected chi connectivity index (χ3v) is 12.9. The molecule has 0 N–H and O–H groups in total. The first-order chi connectivity index (χ1) is 29.9. The zero-order valence-electron chi connectivity index (χ0n) is 41.6. The number of unbranched alkanes of at least 4 members (excludes halogenated alkanes) is 36. The lowest BCUT2D eigenvalue weighted by molar-refractivity contribution is -0.167. The third-order valence-electron chi connectivity index (χ3n) is 12.9. The Morgan fingerprint density at radius 2 is 0.574 bits per heavy atom. The molecule has 6 nitrogen and oxygen atoms in total. The van der Waals surface area contributed by atoms with Crippen molar-refractivity contribution in [1.82, 2.24) is 0 Å². The first-order valence-corrected chi connectivity index (χ1v) is 27.4. The maximum Gasteiger partial charge on any atom is 0.306 e. The topological polar surface area (TPSA) is 78.9 Å². The van der Waals surface area contributed by atoms with E-state index < -0.39 is 6.10 Å². The second-order valence-electron chi connectivity index (χ2n) is 19.1. The van der Waals surface area contributed by atoms with Crippen molar-refractivity contribution in [1.29, 1.82) is 0 Å². The van der Waals surface area contributed by atoms with Gasteiger partial charge in [0.1, 0.15) is 13.2 Å². The van der Waals surface area contributed by atoms with Gasteiger partial charge in [-0.3, -0.25) is 14.4 Å². The van der Waals surface area contributed by atoms with Gasteiger partial charge in [-0.15, -0.1) is 0 Å². The minimum absolute atomic E-state index is 0.0626. The Bertz CT molecular complexity index is 920. The smallest absolute Gasteiger partial charge is 0.306 e. The van der Waals surface area contributed by atoms with Gasteiger partial charge in [0, 0.05) is 19.3 Å². The van der Waals surface area contributed by atoms with Gasteiger partial charge in [-0.25, -0.2) is 0 Å². The second-order valence-corrected chi connectivity index (χ2v) is 19.1. The molecule has 61 heavy (non-hydrogen) atoms. The molecule has 0 fully saturated rings. The van der Waals surface area contributed by atoms with Crippen molar-refractivity contribution in [2.24, 2.45) is 5.92 Å². The zero-order valence-corrected chi connectivity index (χ0v) is 41.6. The number of carbonyl (C=O) groups excluding carboxylic acids is 3. The molecule has 1 unspecified atom stereocenters. The van der Waals surface area contributed by atoms with Crippen molar-refractivity contribution in [3.05, 3.63) is 0 Å². The molecule has 2 atom stereocenters. The summed E-state index contributed by atoms with van der Waals surface area (Å²) in [7, 11) is 0. The maximum atomic E-state index is 12.8. The zero-order chi connectivity index (χ0) is 44.5. The van der Waals surface area contributed by atoms with Crippen molar-refractivity contribution in [2.75, 3.05) is 13.2 Å². The molecule has 0 heterocycles. The number of ether oxygens (including phenoxy) is 3. The van der Waals surface area contributed by atoms with Crippen LogP contribution in [-0.4, -0.2) is 37.2 Å². The fourth-order valence-corrected chi connectivity index (χ4v) is 8.36. The summed E-state index contributed by atoms with van der Waals surface area (Å²) >= 11 is 0. The average Bonchev–Trinajstić information content (AvgIpc) is 3.26. The Balaban J connectivity index is 4.28. The van der Waals surface area contributed by atoms with E-state index >= 15 is 0 Å². The van der Waals surface area contributed by atoms with Crippen molar-refractivity contribution >= 4 is 17.9 Å². The first kappa shape index (κ1) is 59.4. The van der Waals surface area contributed by atoms with Crippen LogP contribution >= 0.6 is 0 Å². The van der Waals surface area contributed by atoms with Gasteiger partial charge in [0.15, 0.2) is 6.10 Å². The highest BCUT2D eigenvalue weighted by Gasteiger charge is 2.19. The second kappa shape index (κ2) is 49.4. The molecular formula is C55H106O6. The van der Waals surface area contributed by atoms with Gasteiger partial charge in [0.05, 0.1) is 0 Å². The van der Waals surface area contributed by atoms with Crippen LogP contribution in [0.5, 0.6) is 0 Å². The van der Waals surface area contributed by atoms with Crippen molar-refractivity contribution in [3.8, 4) is 0 Å². The number of esters is 3. The molecule has 0 rings (SSSR count). The van der Waals surface area contributed by atoms with Gasteiger partial charge in [-0.05, 0) is 25.2 Å². The lowest BCUT2D eigenvalue weighted by atomic mass is 9.99. The van der Waals surface area contributed by atoms with Crippen LogP contribution in [-0.2, 0) is 28.6 Å². The molecule has 0 aliphatic carbocycles. The van der Waals surface area contributed by atoms with Crippen LogP contribution in [0.1, 0.15) is 310 Å². The summed E-state index contributed by atoms with van der Waals surface area (Å²) in [4.78, 5) is 38.0. The Morgan fingerprint density at radius 1 is 0.328 bits per heavy atom. The van der Waals surface area contributed by atoms with E-state index in [2.05, 4.69) is 27.7 Å². The summed E-state index contributed by atoms with van der Waals surface area (Å²) in [5, 5.41) is 0. The van der Waals surface area contributed by atoms with Crippen molar-refractivity contribution < 1.29 is 28.6 Å². The standard InChI is InChI=1S/C55H106O6/c1-5-8-10-12-14-16-18-19-20-21-22-23-24-26-32-36-40-44-48-55(58)61-52(49-59-53(56)46-42-38-34-30-25-17-15-13-11-9-6-2)50-60-54(57)47-43-39-35-31-28-27-29-33-37-41-45-51(4)7-3/h51-52H,5-50H2,1-4H3/t51?,52-/m0/s1. The van der Waals surface area contributed by atoms with Gasteiger partial charge in [0.25, 0.3) is 0 Å². The summed E-state index contributed by atoms with van der Waals surface area (Å²) in [6, 6.07) is 0. The quantitative estimate of drug-likeness (QED) is 0.0344. The molecule has 362 valence electrons. The van der Waals surface area contributed by atoms with Crippen molar-refractivity contribution in [3.63, 3.8) is 0 Å². The largest absolute Gasteiger partial charge is 0.462 e. The van der Waals surface area contributed by atoms with E-state index in [1.165, 1.54) is 205 Å². The molecule has 0 spiro atoms. The number of hydrogen-bond acceptors (Lipinski definition) is 6. The molecule has 0 saturated carbocycles. The predicted molar refractivity (Wildman–Crippen MR) is 261 cm³/mol. The minimum Gasteiger partial charge on any atom is -0.462 e. The normalized spacial score (nSPS) is 12.4. The molecule has 0 radical (unpaired) electrons. The molecule has 0 aromatic rings. The van der Waals surface area contributed by atoms with E-state index in [0.29, 0.717) is 19.3 Å². The van der Waals surface area contributed by atoms with E-state index in [1.54, 1.807) is 0 Å². The molecule has 0 amide bonds. The molecule has 0 aromatic heterocycles. The van der Waals surface area contributed by atoms with Gasteiger partial charge in [-0.2, -0.15) is 0 Å². The monoisotopic (exact) mass is 863 g/mol. The lowest BCUT2D eigenvalue weighted by Gasteiger charge is -2.18. The number of carbonyl (C=O) groups is 3. The van der Waals surface area contributed by atoms with Gasteiger partial charge in [-0.1, -0.05) is 272 Å². The fourth-order valence-electron chi connectivity index (χ4n) is 8.36. The van der Waals surface area contributed by atoms with Crippen LogP contribution in [0.4, 0.5) is 0 Å².